The Morgan fingerprint density at radius 2 is 1.92 bits per heavy atom. The zero-order valence-electron chi connectivity index (χ0n) is 13.6. The van der Waals surface area contributed by atoms with Crippen molar-refractivity contribution in [3.8, 4) is 17.2 Å². The van der Waals surface area contributed by atoms with E-state index in [4.69, 9.17) is 32.7 Å². The second-order valence-corrected chi connectivity index (χ2v) is 6.85. The fraction of sp³-hybridized carbons (Fsp3) is 0.158. The molecule has 0 spiro atoms. The van der Waals surface area contributed by atoms with E-state index in [1.54, 1.807) is 24.3 Å². The Morgan fingerprint density at radius 3 is 2.65 bits per heavy atom. The van der Waals surface area contributed by atoms with Crippen LogP contribution in [0.1, 0.15) is 16.8 Å². The highest BCUT2D eigenvalue weighted by molar-refractivity contribution is 6.34. The van der Waals surface area contributed by atoms with E-state index in [0.717, 1.165) is 29.0 Å². The maximum absolute atomic E-state index is 11.2. The molecule has 0 atom stereocenters. The molecule has 4 rings (SSSR count). The third-order valence-electron chi connectivity index (χ3n) is 4.00. The second kappa shape index (κ2) is 7.02. The number of halogens is 2. The minimum atomic E-state index is -0.224. The van der Waals surface area contributed by atoms with Gasteiger partial charge in [-0.15, -0.1) is 0 Å². The van der Waals surface area contributed by atoms with Gasteiger partial charge in [0.05, 0.1) is 12.3 Å². The van der Waals surface area contributed by atoms with Crippen LogP contribution in [0.3, 0.4) is 0 Å². The first-order chi connectivity index (χ1) is 12.6. The van der Waals surface area contributed by atoms with Crippen molar-refractivity contribution in [3.63, 3.8) is 0 Å². The van der Waals surface area contributed by atoms with Gasteiger partial charge in [-0.3, -0.25) is 4.79 Å². The van der Waals surface area contributed by atoms with Gasteiger partial charge in [-0.1, -0.05) is 29.3 Å². The molecule has 26 heavy (non-hydrogen) atoms. The molecule has 132 valence electrons. The molecule has 0 amide bonds. The van der Waals surface area contributed by atoms with E-state index in [2.05, 4.69) is 16.3 Å². The molecule has 7 heteroatoms. The lowest BCUT2D eigenvalue weighted by Crippen LogP contribution is -2.07. The van der Waals surface area contributed by atoms with Crippen LogP contribution < -0.4 is 15.0 Å². The normalized spacial score (nSPS) is 12.5. The van der Waals surface area contributed by atoms with Gasteiger partial charge in [-0.25, -0.2) is 5.10 Å². The Balaban J connectivity index is 1.68. The SMILES string of the molecule is O=c1ccc(Cc2cc3c(c(Oc4cc(Cl)cc(Cl)c4)c2)OCC3)n[nH]1. The highest BCUT2D eigenvalue weighted by atomic mass is 35.5. The Kier molecular flexibility index (Phi) is 4.57. The van der Waals surface area contributed by atoms with Gasteiger partial charge >= 0.3 is 0 Å². The number of H-pyrrole nitrogens is 1. The van der Waals surface area contributed by atoms with E-state index in [0.29, 0.717) is 34.6 Å². The summed E-state index contributed by atoms with van der Waals surface area (Å²) in [4.78, 5) is 11.2. The van der Waals surface area contributed by atoms with E-state index >= 15 is 0 Å². The second-order valence-electron chi connectivity index (χ2n) is 5.98. The third kappa shape index (κ3) is 3.69. The van der Waals surface area contributed by atoms with Crippen molar-refractivity contribution in [2.24, 2.45) is 0 Å². The van der Waals surface area contributed by atoms with Crippen molar-refractivity contribution in [1.82, 2.24) is 10.2 Å². The molecule has 0 aliphatic carbocycles. The first-order valence-corrected chi connectivity index (χ1v) is 8.79. The van der Waals surface area contributed by atoms with Crippen LogP contribution in [0.2, 0.25) is 10.0 Å². The summed E-state index contributed by atoms with van der Waals surface area (Å²) in [5.41, 5.74) is 2.63. The van der Waals surface area contributed by atoms with E-state index in [1.165, 1.54) is 6.07 Å². The van der Waals surface area contributed by atoms with Gasteiger partial charge < -0.3 is 9.47 Å². The van der Waals surface area contributed by atoms with Gasteiger partial charge in [0.15, 0.2) is 11.5 Å². The quantitative estimate of drug-likeness (QED) is 0.719. The highest BCUT2D eigenvalue weighted by Gasteiger charge is 2.20. The topological polar surface area (TPSA) is 64.2 Å². The summed E-state index contributed by atoms with van der Waals surface area (Å²) in [6, 6.07) is 12.2. The van der Waals surface area contributed by atoms with Crippen LogP contribution in [-0.4, -0.2) is 16.8 Å². The monoisotopic (exact) mass is 388 g/mol. The Morgan fingerprint density at radius 1 is 1.12 bits per heavy atom. The number of nitrogens with one attached hydrogen (secondary N) is 1. The van der Waals surface area contributed by atoms with Crippen LogP contribution in [0, 0.1) is 0 Å². The summed E-state index contributed by atoms with van der Waals surface area (Å²) in [5.74, 6) is 1.89. The summed E-state index contributed by atoms with van der Waals surface area (Å²) in [6.07, 6.45) is 1.38. The van der Waals surface area contributed by atoms with Gasteiger partial charge in [0.25, 0.3) is 5.56 Å². The number of aromatic nitrogens is 2. The smallest absolute Gasteiger partial charge is 0.264 e. The van der Waals surface area contributed by atoms with Gasteiger partial charge in [0.2, 0.25) is 0 Å². The molecule has 0 saturated heterocycles. The van der Waals surface area contributed by atoms with E-state index < -0.39 is 0 Å². The molecule has 5 nitrogen and oxygen atoms in total. The Bertz CT molecular complexity index is 993. The van der Waals surface area contributed by atoms with Crippen LogP contribution in [0.25, 0.3) is 0 Å². The van der Waals surface area contributed by atoms with Gasteiger partial charge in [-0.05, 0) is 35.9 Å². The number of nitrogens with zero attached hydrogens (tertiary/aromatic N) is 1. The molecule has 0 saturated carbocycles. The van der Waals surface area contributed by atoms with Crippen molar-refractivity contribution in [1.29, 1.82) is 0 Å². The molecular weight excluding hydrogens is 375 g/mol. The molecule has 2 aromatic carbocycles. The molecule has 2 heterocycles. The summed E-state index contributed by atoms with van der Waals surface area (Å²) < 4.78 is 11.7. The van der Waals surface area contributed by atoms with E-state index in [-0.39, 0.29) is 5.56 Å². The summed E-state index contributed by atoms with van der Waals surface area (Å²) >= 11 is 12.1. The number of hydrogen-bond acceptors (Lipinski definition) is 4. The van der Waals surface area contributed by atoms with Crippen molar-refractivity contribution < 1.29 is 9.47 Å². The maximum Gasteiger partial charge on any atom is 0.264 e. The standard InChI is InChI=1S/C19H14Cl2N2O3/c20-13-8-14(21)10-16(9-13)26-17-7-11(5-12-3-4-25-19(12)17)6-15-1-2-18(24)23-22-15/h1-2,5,7-10H,3-4,6H2,(H,23,24). The Labute approximate surface area is 159 Å². The minimum absolute atomic E-state index is 0.224. The fourth-order valence-corrected chi connectivity index (χ4v) is 3.41. The summed E-state index contributed by atoms with van der Waals surface area (Å²) in [7, 11) is 0. The van der Waals surface area contributed by atoms with Gasteiger partial charge in [0, 0.05) is 34.5 Å². The number of rotatable bonds is 4. The summed E-state index contributed by atoms with van der Waals surface area (Å²) in [5, 5.41) is 7.51. The first kappa shape index (κ1) is 16.9. The number of ether oxygens (including phenoxy) is 2. The lowest BCUT2D eigenvalue weighted by atomic mass is 10.0. The predicted molar refractivity (Wildman–Crippen MR) is 99.8 cm³/mol. The van der Waals surface area contributed by atoms with E-state index in [9.17, 15) is 4.79 Å². The molecule has 1 N–H and O–H groups in total. The zero-order chi connectivity index (χ0) is 18.1. The molecule has 0 fully saturated rings. The van der Waals surface area contributed by atoms with Crippen molar-refractivity contribution in [2.75, 3.05) is 6.61 Å². The van der Waals surface area contributed by atoms with Crippen molar-refractivity contribution >= 4 is 23.2 Å². The van der Waals surface area contributed by atoms with Gasteiger partial charge in [-0.2, -0.15) is 5.10 Å². The zero-order valence-corrected chi connectivity index (χ0v) is 15.1. The molecule has 3 aromatic rings. The molecule has 1 aromatic heterocycles. The van der Waals surface area contributed by atoms with Crippen LogP contribution in [0.4, 0.5) is 0 Å². The number of benzene rings is 2. The molecule has 0 unspecified atom stereocenters. The number of hydrogen-bond donors (Lipinski definition) is 1. The van der Waals surface area contributed by atoms with Crippen molar-refractivity contribution in [2.45, 2.75) is 12.8 Å². The van der Waals surface area contributed by atoms with Crippen LogP contribution in [0.15, 0.2) is 47.3 Å². The summed E-state index contributed by atoms with van der Waals surface area (Å²) in [6.45, 7) is 0.613. The molecule has 0 bridgehead atoms. The minimum Gasteiger partial charge on any atom is -0.489 e. The maximum atomic E-state index is 11.2. The average molecular weight is 389 g/mol. The third-order valence-corrected chi connectivity index (χ3v) is 4.43. The van der Waals surface area contributed by atoms with Crippen LogP contribution in [-0.2, 0) is 12.8 Å². The molecular formula is C19H14Cl2N2O3. The van der Waals surface area contributed by atoms with Crippen LogP contribution in [0.5, 0.6) is 17.2 Å². The fourth-order valence-electron chi connectivity index (χ4n) is 2.91. The first-order valence-electron chi connectivity index (χ1n) is 8.04. The lowest BCUT2D eigenvalue weighted by molar-refractivity contribution is 0.338. The lowest BCUT2D eigenvalue weighted by Gasteiger charge is -2.13. The average Bonchev–Trinajstić information content (AvgIpc) is 3.05. The van der Waals surface area contributed by atoms with Crippen molar-refractivity contribution in [3.05, 3.63) is 79.7 Å². The molecule has 0 radical (unpaired) electrons. The Hall–Kier alpha value is -2.50. The largest absolute Gasteiger partial charge is 0.489 e. The molecule has 1 aliphatic heterocycles. The molecule has 1 aliphatic rings. The predicted octanol–water partition coefficient (Wildman–Crippen LogP) is 4.39. The highest BCUT2D eigenvalue weighted by Crippen LogP contribution is 2.40. The number of fused-ring (bicyclic) bond motifs is 1. The number of aromatic amines is 1. The van der Waals surface area contributed by atoms with E-state index in [1.807, 2.05) is 6.07 Å². The van der Waals surface area contributed by atoms with Gasteiger partial charge in [0.1, 0.15) is 5.75 Å². The van der Waals surface area contributed by atoms with Crippen LogP contribution >= 0.6 is 23.2 Å².